The lowest BCUT2D eigenvalue weighted by atomic mass is 10.3. The highest BCUT2D eigenvalue weighted by molar-refractivity contribution is 5.86. The average molecular weight is 221 g/mol. The van der Waals surface area contributed by atoms with Crippen LogP contribution in [0.2, 0.25) is 0 Å². The highest BCUT2D eigenvalue weighted by Gasteiger charge is 2.20. The number of nitrogens with zero attached hydrogens (tertiary/aromatic N) is 1. The molecule has 15 heavy (non-hydrogen) atoms. The van der Waals surface area contributed by atoms with Crippen LogP contribution in [0.4, 0.5) is 8.78 Å². The van der Waals surface area contributed by atoms with Crippen molar-refractivity contribution >= 4 is 11.8 Å². The maximum absolute atomic E-state index is 11.7. The standard InChI is InChI=1S/C8H13F2N3O2/c9-6(10)3-12-7(14)5-13-2-1-11-4-8(13)15/h6,11H,1-5H2,(H,12,14). The summed E-state index contributed by atoms with van der Waals surface area (Å²) in [6, 6.07) is 0. The van der Waals surface area contributed by atoms with E-state index in [2.05, 4.69) is 5.32 Å². The summed E-state index contributed by atoms with van der Waals surface area (Å²) in [5.41, 5.74) is 0. The summed E-state index contributed by atoms with van der Waals surface area (Å²) in [4.78, 5) is 23.7. The molecule has 0 spiro atoms. The van der Waals surface area contributed by atoms with Gasteiger partial charge in [0.2, 0.25) is 11.8 Å². The molecule has 0 unspecified atom stereocenters. The highest BCUT2D eigenvalue weighted by Crippen LogP contribution is 1.94. The number of carbonyl (C=O) groups excluding carboxylic acids is 2. The van der Waals surface area contributed by atoms with Gasteiger partial charge in [-0.15, -0.1) is 0 Å². The molecule has 1 aliphatic heterocycles. The molecule has 86 valence electrons. The number of rotatable bonds is 4. The van der Waals surface area contributed by atoms with Crippen molar-refractivity contribution < 1.29 is 18.4 Å². The minimum absolute atomic E-state index is 0.146. The summed E-state index contributed by atoms with van der Waals surface area (Å²) in [6.07, 6.45) is -2.56. The second-order valence-electron chi connectivity index (χ2n) is 3.19. The van der Waals surface area contributed by atoms with Crippen molar-refractivity contribution in [3.63, 3.8) is 0 Å². The van der Waals surface area contributed by atoms with Crippen LogP contribution in [0.1, 0.15) is 0 Å². The molecule has 1 fully saturated rings. The molecular weight excluding hydrogens is 208 g/mol. The molecule has 0 aromatic rings. The van der Waals surface area contributed by atoms with E-state index in [-0.39, 0.29) is 19.0 Å². The lowest BCUT2D eigenvalue weighted by Gasteiger charge is -2.26. The summed E-state index contributed by atoms with van der Waals surface area (Å²) in [7, 11) is 0. The second-order valence-corrected chi connectivity index (χ2v) is 3.19. The Morgan fingerprint density at radius 2 is 2.33 bits per heavy atom. The summed E-state index contributed by atoms with van der Waals surface area (Å²) in [5.74, 6) is -0.737. The molecule has 1 heterocycles. The van der Waals surface area contributed by atoms with Crippen molar-refractivity contribution in [2.24, 2.45) is 0 Å². The van der Waals surface area contributed by atoms with Gasteiger partial charge in [0.15, 0.2) is 0 Å². The van der Waals surface area contributed by atoms with Crippen LogP contribution in [0, 0.1) is 0 Å². The van der Waals surface area contributed by atoms with Crippen LogP contribution < -0.4 is 10.6 Å². The zero-order chi connectivity index (χ0) is 11.3. The van der Waals surface area contributed by atoms with Gasteiger partial charge in [0.05, 0.1) is 19.6 Å². The Morgan fingerprint density at radius 3 is 2.93 bits per heavy atom. The van der Waals surface area contributed by atoms with Gasteiger partial charge in [-0.2, -0.15) is 0 Å². The zero-order valence-electron chi connectivity index (χ0n) is 8.13. The Morgan fingerprint density at radius 1 is 1.60 bits per heavy atom. The Labute approximate surface area is 85.8 Å². The van der Waals surface area contributed by atoms with Gasteiger partial charge in [-0.3, -0.25) is 9.59 Å². The molecule has 0 radical (unpaired) electrons. The van der Waals surface area contributed by atoms with Crippen LogP contribution in [-0.2, 0) is 9.59 Å². The predicted molar refractivity (Wildman–Crippen MR) is 48.5 cm³/mol. The van der Waals surface area contributed by atoms with Crippen LogP contribution in [0.25, 0.3) is 0 Å². The summed E-state index contributed by atoms with van der Waals surface area (Å²) in [5, 5.41) is 4.89. The molecule has 1 aliphatic rings. The van der Waals surface area contributed by atoms with E-state index < -0.39 is 18.9 Å². The molecule has 7 heteroatoms. The van der Waals surface area contributed by atoms with Crippen LogP contribution in [0.5, 0.6) is 0 Å². The maximum atomic E-state index is 11.7. The van der Waals surface area contributed by atoms with Crippen molar-refractivity contribution in [2.45, 2.75) is 6.43 Å². The fraction of sp³-hybridized carbons (Fsp3) is 0.750. The Kier molecular flexibility index (Phi) is 4.41. The van der Waals surface area contributed by atoms with Crippen LogP contribution in [0.15, 0.2) is 0 Å². The third-order valence-electron chi connectivity index (χ3n) is 1.98. The monoisotopic (exact) mass is 221 g/mol. The summed E-state index contributed by atoms with van der Waals surface area (Å²) < 4.78 is 23.5. The molecule has 0 aliphatic carbocycles. The minimum atomic E-state index is -2.56. The molecule has 0 aromatic carbocycles. The van der Waals surface area contributed by atoms with Crippen LogP contribution >= 0.6 is 0 Å². The Hall–Kier alpha value is -1.24. The molecule has 5 nitrogen and oxygen atoms in total. The molecule has 0 bridgehead atoms. The maximum Gasteiger partial charge on any atom is 0.255 e. The van der Waals surface area contributed by atoms with Crippen molar-refractivity contribution in [1.82, 2.24) is 15.5 Å². The van der Waals surface area contributed by atoms with Crippen molar-refractivity contribution in [2.75, 3.05) is 32.7 Å². The van der Waals surface area contributed by atoms with E-state index in [1.54, 1.807) is 0 Å². The number of hydrogen-bond donors (Lipinski definition) is 2. The van der Waals surface area contributed by atoms with Crippen molar-refractivity contribution in [3.05, 3.63) is 0 Å². The first-order valence-electron chi connectivity index (χ1n) is 4.63. The number of halogens is 2. The van der Waals surface area contributed by atoms with E-state index in [4.69, 9.17) is 0 Å². The Balaban J connectivity index is 2.27. The van der Waals surface area contributed by atoms with E-state index in [1.807, 2.05) is 5.32 Å². The van der Waals surface area contributed by atoms with Gasteiger partial charge in [0, 0.05) is 13.1 Å². The first-order chi connectivity index (χ1) is 7.09. The Bertz CT molecular complexity index is 248. The van der Waals surface area contributed by atoms with E-state index in [9.17, 15) is 18.4 Å². The second kappa shape index (κ2) is 5.59. The molecular formula is C8H13F2N3O2. The van der Waals surface area contributed by atoms with Crippen LogP contribution in [-0.4, -0.2) is 55.9 Å². The number of carbonyl (C=O) groups is 2. The number of nitrogens with one attached hydrogen (secondary N) is 2. The van der Waals surface area contributed by atoms with Gasteiger partial charge in [-0.1, -0.05) is 0 Å². The minimum Gasteiger partial charge on any atom is -0.349 e. The van der Waals surface area contributed by atoms with E-state index >= 15 is 0 Å². The predicted octanol–water partition coefficient (Wildman–Crippen LogP) is -1.20. The lowest BCUT2D eigenvalue weighted by Crippen LogP contribution is -2.51. The number of piperazine rings is 1. The SMILES string of the molecule is O=C(CN1CCNCC1=O)NCC(F)F. The quantitative estimate of drug-likeness (QED) is 0.627. The molecule has 2 N–H and O–H groups in total. The lowest BCUT2D eigenvalue weighted by molar-refractivity contribution is -0.136. The van der Waals surface area contributed by atoms with Crippen molar-refractivity contribution in [1.29, 1.82) is 0 Å². The van der Waals surface area contributed by atoms with Gasteiger partial charge in [-0.25, -0.2) is 8.78 Å². The van der Waals surface area contributed by atoms with Gasteiger partial charge in [-0.05, 0) is 0 Å². The number of hydrogen-bond acceptors (Lipinski definition) is 3. The topological polar surface area (TPSA) is 61.4 Å². The van der Waals surface area contributed by atoms with Crippen molar-refractivity contribution in [3.8, 4) is 0 Å². The number of alkyl halides is 2. The van der Waals surface area contributed by atoms with E-state index in [1.165, 1.54) is 4.90 Å². The molecule has 0 atom stereocenters. The first kappa shape index (κ1) is 11.8. The van der Waals surface area contributed by atoms with E-state index in [0.717, 1.165) is 0 Å². The fourth-order valence-corrected chi connectivity index (χ4v) is 1.23. The largest absolute Gasteiger partial charge is 0.349 e. The number of amides is 2. The third-order valence-corrected chi connectivity index (χ3v) is 1.98. The molecule has 0 aromatic heterocycles. The summed E-state index contributed by atoms with van der Waals surface area (Å²) in [6.45, 7) is 0.434. The van der Waals surface area contributed by atoms with E-state index in [0.29, 0.717) is 13.1 Å². The molecule has 2 amide bonds. The molecule has 1 rings (SSSR count). The normalized spacial score (nSPS) is 17.0. The van der Waals surface area contributed by atoms with Gasteiger partial charge in [0.25, 0.3) is 6.43 Å². The van der Waals surface area contributed by atoms with Gasteiger partial charge in [0.1, 0.15) is 0 Å². The smallest absolute Gasteiger partial charge is 0.255 e. The highest BCUT2D eigenvalue weighted by atomic mass is 19.3. The summed E-state index contributed by atoms with van der Waals surface area (Å²) >= 11 is 0. The van der Waals surface area contributed by atoms with Gasteiger partial charge < -0.3 is 15.5 Å². The average Bonchev–Trinajstić information content (AvgIpc) is 2.18. The fourth-order valence-electron chi connectivity index (χ4n) is 1.23. The first-order valence-corrected chi connectivity index (χ1v) is 4.63. The molecule has 0 saturated carbocycles. The van der Waals surface area contributed by atoms with Gasteiger partial charge >= 0.3 is 0 Å². The van der Waals surface area contributed by atoms with Crippen LogP contribution in [0.3, 0.4) is 0 Å². The molecule has 1 saturated heterocycles. The zero-order valence-corrected chi connectivity index (χ0v) is 8.13. The third kappa shape index (κ3) is 4.20.